The Labute approximate surface area is 150 Å². The van der Waals surface area contributed by atoms with Crippen molar-refractivity contribution in [3.05, 3.63) is 59.2 Å². The van der Waals surface area contributed by atoms with E-state index in [-0.39, 0.29) is 12.5 Å². The number of anilines is 1. The molecule has 1 amide bonds. The summed E-state index contributed by atoms with van der Waals surface area (Å²) in [7, 11) is 0. The van der Waals surface area contributed by atoms with E-state index in [9.17, 15) is 4.79 Å². The van der Waals surface area contributed by atoms with Gasteiger partial charge in [-0.3, -0.25) is 9.69 Å². The molecule has 2 aromatic carbocycles. The van der Waals surface area contributed by atoms with Crippen molar-refractivity contribution in [3.63, 3.8) is 0 Å². The maximum absolute atomic E-state index is 12.1. The number of amides is 1. The molecule has 4 nitrogen and oxygen atoms in total. The van der Waals surface area contributed by atoms with Crippen molar-refractivity contribution >= 4 is 11.6 Å². The van der Waals surface area contributed by atoms with Gasteiger partial charge in [0.05, 0.1) is 0 Å². The SMILES string of the molecule is CCN(CC)Cc1ccc(NC(=O)COc2ccc(C)cc2C)cc1. The van der Waals surface area contributed by atoms with Crippen LogP contribution in [0.3, 0.4) is 0 Å². The van der Waals surface area contributed by atoms with Crippen LogP contribution in [0.4, 0.5) is 5.69 Å². The molecule has 0 atom stereocenters. The summed E-state index contributed by atoms with van der Waals surface area (Å²) >= 11 is 0. The highest BCUT2D eigenvalue weighted by Gasteiger charge is 2.06. The molecular weight excluding hydrogens is 312 g/mol. The fraction of sp³-hybridized carbons (Fsp3) is 0.381. The Bertz CT molecular complexity index is 692. The van der Waals surface area contributed by atoms with E-state index in [1.807, 2.05) is 44.2 Å². The third-order valence-corrected chi connectivity index (χ3v) is 4.23. The van der Waals surface area contributed by atoms with Gasteiger partial charge in [0.25, 0.3) is 5.91 Å². The normalized spacial score (nSPS) is 10.8. The molecule has 0 saturated heterocycles. The number of benzene rings is 2. The standard InChI is InChI=1S/C21H28N2O2/c1-5-23(6-2)14-18-8-10-19(11-9-18)22-21(24)15-25-20-12-7-16(3)13-17(20)4/h7-13H,5-6,14-15H2,1-4H3,(H,22,24). The fourth-order valence-electron chi connectivity index (χ4n) is 2.70. The lowest BCUT2D eigenvalue weighted by atomic mass is 10.1. The molecule has 0 fully saturated rings. The van der Waals surface area contributed by atoms with Gasteiger partial charge in [-0.15, -0.1) is 0 Å². The predicted molar refractivity (Wildman–Crippen MR) is 103 cm³/mol. The maximum atomic E-state index is 12.1. The molecule has 0 saturated carbocycles. The zero-order valence-electron chi connectivity index (χ0n) is 15.6. The Hall–Kier alpha value is -2.33. The molecule has 0 bridgehead atoms. The first-order valence-corrected chi connectivity index (χ1v) is 8.83. The molecule has 0 unspecified atom stereocenters. The average molecular weight is 340 g/mol. The first kappa shape index (κ1) is 19.0. The molecule has 0 aliphatic heterocycles. The third kappa shape index (κ3) is 5.91. The number of rotatable bonds is 8. The Balaban J connectivity index is 1.85. The number of hydrogen-bond donors (Lipinski definition) is 1. The smallest absolute Gasteiger partial charge is 0.262 e. The number of aryl methyl sites for hydroxylation is 2. The summed E-state index contributed by atoms with van der Waals surface area (Å²) in [5.74, 6) is 0.590. The van der Waals surface area contributed by atoms with Crippen LogP contribution in [0, 0.1) is 13.8 Å². The molecule has 0 aliphatic rings. The van der Waals surface area contributed by atoms with Crippen LogP contribution >= 0.6 is 0 Å². The molecular formula is C21H28N2O2. The van der Waals surface area contributed by atoms with Gasteiger partial charge in [-0.2, -0.15) is 0 Å². The lowest BCUT2D eigenvalue weighted by Crippen LogP contribution is -2.22. The molecule has 0 radical (unpaired) electrons. The zero-order valence-corrected chi connectivity index (χ0v) is 15.6. The second-order valence-corrected chi connectivity index (χ2v) is 6.26. The van der Waals surface area contributed by atoms with Gasteiger partial charge >= 0.3 is 0 Å². The van der Waals surface area contributed by atoms with E-state index in [4.69, 9.17) is 4.74 Å². The quantitative estimate of drug-likeness (QED) is 0.784. The van der Waals surface area contributed by atoms with E-state index >= 15 is 0 Å². The number of carbonyl (C=O) groups is 1. The van der Waals surface area contributed by atoms with E-state index in [0.717, 1.165) is 36.6 Å². The van der Waals surface area contributed by atoms with Crippen LogP contribution in [0.25, 0.3) is 0 Å². The molecule has 1 N–H and O–H groups in total. The summed E-state index contributed by atoms with van der Waals surface area (Å²) in [6.45, 7) is 11.3. The minimum atomic E-state index is -0.156. The fourth-order valence-corrected chi connectivity index (χ4v) is 2.70. The van der Waals surface area contributed by atoms with Crippen LogP contribution in [-0.4, -0.2) is 30.5 Å². The number of hydrogen-bond acceptors (Lipinski definition) is 3. The van der Waals surface area contributed by atoms with Crippen molar-refractivity contribution < 1.29 is 9.53 Å². The Kier molecular flexibility index (Phi) is 7.02. The monoisotopic (exact) mass is 340 g/mol. The van der Waals surface area contributed by atoms with Gasteiger partial charge in [-0.25, -0.2) is 0 Å². The van der Waals surface area contributed by atoms with Gasteiger partial charge in [0, 0.05) is 12.2 Å². The predicted octanol–water partition coefficient (Wildman–Crippen LogP) is 4.16. The number of ether oxygens (including phenoxy) is 1. The third-order valence-electron chi connectivity index (χ3n) is 4.23. The van der Waals surface area contributed by atoms with Crippen LogP contribution in [0.1, 0.15) is 30.5 Å². The topological polar surface area (TPSA) is 41.6 Å². The molecule has 2 aromatic rings. The maximum Gasteiger partial charge on any atom is 0.262 e. The second-order valence-electron chi connectivity index (χ2n) is 6.26. The molecule has 134 valence electrons. The van der Waals surface area contributed by atoms with Crippen LogP contribution < -0.4 is 10.1 Å². The van der Waals surface area contributed by atoms with Gasteiger partial charge < -0.3 is 10.1 Å². The Morgan fingerprint density at radius 2 is 1.72 bits per heavy atom. The van der Waals surface area contributed by atoms with Gasteiger partial charge in [0.15, 0.2) is 6.61 Å². The van der Waals surface area contributed by atoms with Gasteiger partial charge in [-0.05, 0) is 56.3 Å². The van der Waals surface area contributed by atoms with E-state index in [2.05, 4.69) is 36.2 Å². The molecule has 2 rings (SSSR count). The summed E-state index contributed by atoms with van der Waals surface area (Å²) in [4.78, 5) is 14.4. The highest BCUT2D eigenvalue weighted by molar-refractivity contribution is 5.91. The Morgan fingerprint density at radius 1 is 1.04 bits per heavy atom. The van der Waals surface area contributed by atoms with Crippen molar-refractivity contribution in [2.45, 2.75) is 34.2 Å². The first-order valence-electron chi connectivity index (χ1n) is 8.83. The highest BCUT2D eigenvalue weighted by atomic mass is 16.5. The molecule has 4 heteroatoms. The molecule has 25 heavy (non-hydrogen) atoms. The largest absolute Gasteiger partial charge is 0.483 e. The minimum Gasteiger partial charge on any atom is -0.483 e. The van der Waals surface area contributed by atoms with Crippen LogP contribution in [0.15, 0.2) is 42.5 Å². The summed E-state index contributed by atoms with van der Waals surface area (Å²) in [6.07, 6.45) is 0. The number of carbonyl (C=O) groups excluding carboxylic acids is 1. The molecule has 0 aromatic heterocycles. The highest BCUT2D eigenvalue weighted by Crippen LogP contribution is 2.18. The van der Waals surface area contributed by atoms with Crippen LogP contribution in [-0.2, 0) is 11.3 Å². The van der Waals surface area contributed by atoms with Crippen molar-refractivity contribution in [3.8, 4) is 5.75 Å². The van der Waals surface area contributed by atoms with E-state index in [0.29, 0.717) is 0 Å². The summed E-state index contributed by atoms with van der Waals surface area (Å²) in [5.41, 5.74) is 4.25. The summed E-state index contributed by atoms with van der Waals surface area (Å²) < 4.78 is 5.61. The lowest BCUT2D eigenvalue weighted by Gasteiger charge is -2.18. The minimum absolute atomic E-state index is 0.00506. The van der Waals surface area contributed by atoms with Crippen molar-refractivity contribution in [2.24, 2.45) is 0 Å². The number of nitrogens with one attached hydrogen (secondary N) is 1. The lowest BCUT2D eigenvalue weighted by molar-refractivity contribution is -0.118. The summed E-state index contributed by atoms with van der Waals surface area (Å²) in [6, 6.07) is 13.9. The second kappa shape index (κ2) is 9.23. The van der Waals surface area contributed by atoms with Crippen molar-refractivity contribution in [1.82, 2.24) is 4.90 Å². The van der Waals surface area contributed by atoms with Crippen LogP contribution in [0.2, 0.25) is 0 Å². The average Bonchev–Trinajstić information content (AvgIpc) is 2.60. The van der Waals surface area contributed by atoms with E-state index < -0.39 is 0 Å². The molecule has 0 spiro atoms. The Morgan fingerprint density at radius 3 is 2.32 bits per heavy atom. The number of nitrogens with zero attached hydrogens (tertiary/aromatic N) is 1. The molecule has 0 heterocycles. The van der Waals surface area contributed by atoms with Crippen LogP contribution in [0.5, 0.6) is 5.75 Å². The zero-order chi connectivity index (χ0) is 18.2. The van der Waals surface area contributed by atoms with E-state index in [1.54, 1.807) is 0 Å². The van der Waals surface area contributed by atoms with Gasteiger partial charge in [-0.1, -0.05) is 43.7 Å². The first-order chi connectivity index (χ1) is 12.0. The van der Waals surface area contributed by atoms with Gasteiger partial charge in [0.2, 0.25) is 0 Å². The van der Waals surface area contributed by atoms with Crippen molar-refractivity contribution in [2.75, 3.05) is 25.0 Å². The molecule has 0 aliphatic carbocycles. The van der Waals surface area contributed by atoms with Crippen molar-refractivity contribution in [1.29, 1.82) is 0 Å². The van der Waals surface area contributed by atoms with E-state index in [1.165, 1.54) is 11.1 Å². The van der Waals surface area contributed by atoms with Gasteiger partial charge in [0.1, 0.15) is 5.75 Å². The summed E-state index contributed by atoms with van der Waals surface area (Å²) in [5, 5.41) is 2.87.